The Hall–Kier alpha value is -3.11. The minimum atomic E-state index is -0.0595. The number of aliphatic hydroxyl groups excluding tert-OH is 1. The Kier molecular flexibility index (Phi) is 7.01. The van der Waals surface area contributed by atoms with E-state index in [4.69, 9.17) is 9.72 Å². The van der Waals surface area contributed by atoms with Crippen molar-refractivity contribution in [2.75, 3.05) is 36.5 Å². The van der Waals surface area contributed by atoms with Gasteiger partial charge in [-0.3, -0.25) is 4.98 Å². The van der Waals surface area contributed by atoms with Crippen molar-refractivity contribution in [1.29, 1.82) is 0 Å². The fourth-order valence-corrected chi connectivity index (χ4v) is 6.87. The molecule has 6 rings (SSSR count). The van der Waals surface area contributed by atoms with Crippen molar-refractivity contribution >= 4 is 34.9 Å². The third-order valence-corrected chi connectivity index (χ3v) is 9.02. The van der Waals surface area contributed by atoms with Crippen LogP contribution in [-0.2, 0) is 11.3 Å². The van der Waals surface area contributed by atoms with E-state index in [1.165, 1.54) is 25.3 Å². The van der Waals surface area contributed by atoms with Gasteiger partial charge < -0.3 is 20.1 Å². The zero-order valence-corrected chi connectivity index (χ0v) is 22.1. The Morgan fingerprint density at radius 3 is 2.62 bits per heavy atom. The van der Waals surface area contributed by atoms with Crippen LogP contribution in [0.2, 0.25) is 0 Å². The molecule has 188 valence electrons. The van der Waals surface area contributed by atoms with Gasteiger partial charge in [-0.25, -0.2) is 9.97 Å². The molecule has 0 saturated carbocycles. The van der Waals surface area contributed by atoms with Gasteiger partial charge in [-0.15, -0.1) is 0 Å². The van der Waals surface area contributed by atoms with Gasteiger partial charge in [0.25, 0.3) is 0 Å². The molecule has 4 aromatic rings. The Bertz CT molecular complexity index is 1410. The predicted octanol–water partition coefficient (Wildman–Crippen LogP) is 5.66. The van der Waals surface area contributed by atoms with E-state index in [0.29, 0.717) is 11.4 Å². The van der Waals surface area contributed by atoms with Crippen molar-refractivity contribution in [3.63, 3.8) is 0 Å². The zero-order chi connectivity index (χ0) is 25.2. The molecule has 0 amide bonds. The van der Waals surface area contributed by atoms with E-state index in [1.807, 2.05) is 13.1 Å². The number of rotatable bonds is 6. The minimum Gasteiger partial charge on any atom is -0.392 e. The first-order chi connectivity index (χ1) is 18.2. The Morgan fingerprint density at radius 2 is 1.81 bits per heavy atom. The van der Waals surface area contributed by atoms with E-state index < -0.39 is 0 Å². The maximum absolute atomic E-state index is 9.22. The molecule has 2 aromatic heterocycles. The highest BCUT2D eigenvalue weighted by molar-refractivity contribution is 8.05. The summed E-state index contributed by atoms with van der Waals surface area (Å²) in [5.74, 6) is 0.693. The van der Waals surface area contributed by atoms with Gasteiger partial charge in [0.15, 0.2) is 0 Å². The Labute approximate surface area is 224 Å². The Morgan fingerprint density at radius 1 is 0.973 bits per heavy atom. The summed E-state index contributed by atoms with van der Waals surface area (Å²) in [6, 6.07) is 17.2. The SMILES string of the molecule is CC(Nc1ccc2c(c1)Sc1cccc(-c3cc(N4CCOCC4)ccn3)c1S2)c1ncc(CO)cn1. The van der Waals surface area contributed by atoms with Crippen LogP contribution in [0.5, 0.6) is 0 Å². The maximum atomic E-state index is 9.22. The van der Waals surface area contributed by atoms with Gasteiger partial charge in [0.2, 0.25) is 0 Å². The molecule has 0 aliphatic carbocycles. The molecule has 37 heavy (non-hydrogen) atoms. The van der Waals surface area contributed by atoms with E-state index in [0.717, 1.165) is 43.2 Å². The van der Waals surface area contributed by atoms with Gasteiger partial charge in [-0.1, -0.05) is 35.7 Å². The number of hydrogen-bond donors (Lipinski definition) is 2. The summed E-state index contributed by atoms with van der Waals surface area (Å²) < 4.78 is 5.52. The number of pyridine rings is 1. The van der Waals surface area contributed by atoms with Crippen LogP contribution in [0.1, 0.15) is 24.4 Å². The van der Waals surface area contributed by atoms with Crippen LogP contribution < -0.4 is 10.2 Å². The highest BCUT2D eigenvalue weighted by atomic mass is 32.2. The summed E-state index contributed by atoms with van der Waals surface area (Å²) in [6.45, 7) is 5.32. The number of benzene rings is 2. The molecule has 1 fully saturated rings. The zero-order valence-electron chi connectivity index (χ0n) is 20.4. The number of anilines is 2. The van der Waals surface area contributed by atoms with E-state index in [-0.39, 0.29) is 12.6 Å². The fraction of sp³-hybridized carbons (Fsp3) is 0.250. The van der Waals surface area contributed by atoms with Gasteiger partial charge in [-0.2, -0.15) is 0 Å². The molecular formula is C28H27N5O2S2. The molecule has 7 nitrogen and oxygen atoms in total. The quantitative estimate of drug-likeness (QED) is 0.290. The predicted molar refractivity (Wildman–Crippen MR) is 147 cm³/mol. The van der Waals surface area contributed by atoms with Crippen LogP contribution in [0.3, 0.4) is 0 Å². The molecule has 2 aliphatic rings. The summed E-state index contributed by atoms with van der Waals surface area (Å²) in [5.41, 5.74) is 5.08. The van der Waals surface area contributed by atoms with Crippen LogP contribution in [-0.4, -0.2) is 46.4 Å². The second-order valence-electron chi connectivity index (χ2n) is 8.97. The molecule has 0 radical (unpaired) electrons. The summed E-state index contributed by atoms with van der Waals surface area (Å²) in [4.78, 5) is 20.8. The standard InChI is InChI=1S/C28H27N5O2S2/c1-18(28-30-15-19(17-34)16-31-28)32-20-5-6-24-26(13-20)36-25-4-2-3-22(27(25)37-24)23-14-21(7-8-29-23)33-9-11-35-12-10-33/h2-8,13-16,18,32,34H,9-12,17H2,1H3. The van der Waals surface area contributed by atoms with E-state index >= 15 is 0 Å². The van der Waals surface area contributed by atoms with E-state index in [2.05, 4.69) is 68.7 Å². The van der Waals surface area contributed by atoms with Crippen LogP contribution in [0.4, 0.5) is 11.4 Å². The number of hydrogen-bond acceptors (Lipinski definition) is 9. The number of aliphatic hydroxyl groups is 1. The minimum absolute atomic E-state index is 0.0552. The summed E-state index contributed by atoms with van der Waals surface area (Å²) in [7, 11) is 0. The van der Waals surface area contributed by atoms with Crippen molar-refractivity contribution < 1.29 is 9.84 Å². The largest absolute Gasteiger partial charge is 0.392 e. The number of aromatic nitrogens is 3. The van der Waals surface area contributed by atoms with E-state index in [1.54, 1.807) is 35.9 Å². The number of ether oxygens (including phenoxy) is 1. The van der Waals surface area contributed by atoms with Crippen molar-refractivity contribution in [3.8, 4) is 11.3 Å². The maximum Gasteiger partial charge on any atom is 0.150 e. The molecule has 4 heterocycles. The lowest BCUT2D eigenvalue weighted by atomic mass is 10.1. The van der Waals surface area contributed by atoms with Crippen molar-refractivity contribution in [3.05, 3.63) is 78.5 Å². The molecule has 1 saturated heterocycles. The molecular weight excluding hydrogens is 502 g/mol. The van der Waals surface area contributed by atoms with Crippen molar-refractivity contribution in [2.24, 2.45) is 0 Å². The molecule has 0 spiro atoms. The fourth-order valence-electron chi connectivity index (χ4n) is 4.46. The first-order valence-corrected chi connectivity index (χ1v) is 13.9. The molecule has 9 heteroatoms. The summed E-state index contributed by atoms with van der Waals surface area (Å²) in [6.07, 6.45) is 5.24. The summed E-state index contributed by atoms with van der Waals surface area (Å²) >= 11 is 3.59. The van der Waals surface area contributed by atoms with Crippen molar-refractivity contribution in [2.45, 2.75) is 39.2 Å². The number of nitrogens with one attached hydrogen (secondary N) is 1. The van der Waals surface area contributed by atoms with Gasteiger partial charge in [0.05, 0.1) is 31.6 Å². The third-order valence-electron chi connectivity index (χ3n) is 6.43. The lowest BCUT2D eigenvalue weighted by Crippen LogP contribution is -2.36. The van der Waals surface area contributed by atoms with Gasteiger partial charge in [-0.05, 0) is 43.3 Å². The molecule has 1 atom stereocenters. The first-order valence-electron chi connectivity index (χ1n) is 12.3. The van der Waals surface area contributed by atoms with Gasteiger partial charge in [0, 0.05) is 73.8 Å². The third kappa shape index (κ3) is 5.17. The lowest BCUT2D eigenvalue weighted by molar-refractivity contribution is 0.122. The second-order valence-corrected chi connectivity index (χ2v) is 11.1. The topological polar surface area (TPSA) is 83.4 Å². The molecule has 2 aromatic carbocycles. The highest BCUT2D eigenvalue weighted by Gasteiger charge is 2.22. The lowest BCUT2D eigenvalue weighted by Gasteiger charge is -2.29. The number of fused-ring (bicyclic) bond motifs is 2. The van der Waals surface area contributed by atoms with Gasteiger partial charge in [0.1, 0.15) is 5.82 Å². The normalized spacial score (nSPS) is 15.6. The molecule has 2 N–H and O–H groups in total. The Balaban J connectivity index is 1.23. The monoisotopic (exact) mass is 529 g/mol. The average molecular weight is 530 g/mol. The van der Waals surface area contributed by atoms with E-state index in [9.17, 15) is 5.11 Å². The van der Waals surface area contributed by atoms with Crippen LogP contribution in [0, 0.1) is 0 Å². The average Bonchev–Trinajstić information content (AvgIpc) is 2.96. The second kappa shape index (κ2) is 10.7. The van der Waals surface area contributed by atoms with Crippen molar-refractivity contribution in [1.82, 2.24) is 15.0 Å². The van der Waals surface area contributed by atoms with Crippen LogP contribution >= 0.6 is 23.5 Å². The molecule has 1 unspecified atom stereocenters. The summed E-state index contributed by atoms with van der Waals surface area (Å²) in [5, 5.41) is 12.7. The first kappa shape index (κ1) is 24.2. The molecule has 2 aliphatic heterocycles. The number of nitrogens with zero attached hydrogens (tertiary/aromatic N) is 4. The highest BCUT2D eigenvalue weighted by Crippen LogP contribution is 2.52. The smallest absolute Gasteiger partial charge is 0.150 e. The van der Waals surface area contributed by atoms with Crippen LogP contribution in [0.15, 0.2) is 86.7 Å². The van der Waals surface area contributed by atoms with Gasteiger partial charge >= 0.3 is 0 Å². The molecule has 0 bridgehead atoms. The van der Waals surface area contributed by atoms with Crippen LogP contribution in [0.25, 0.3) is 11.3 Å². The number of morpholine rings is 1.